The van der Waals surface area contributed by atoms with Crippen molar-refractivity contribution in [1.82, 2.24) is 0 Å². The van der Waals surface area contributed by atoms with Crippen LogP contribution in [0.5, 0.6) is 0 Å². The molecule has 0 aromatic heterocycles. The van der Waals surface area contributed by atoms with Gasteiger partial charge in [-0.3, -0.25) is 0 Å². The minimum absolute atomic E-state index is 0.847. The molecule has 0 fully saturated rings. The van der Waals surface area contributed by atoms with Crippen LogP contribution in [0.25, 0.3) is 0 Å². The van der Waals surface area contributed by atoms with E-state index in [4.69, 9.17) is 11.5 Å². The number of hydrogen-bond acceptors (Lipinski definition) is 2. The Bertz CT molecular complexity index is 521. The summed E-state index contributed by atoms with van der Waals surface area (Å²) in [6.07, 6.45) is 0.856. The molecule has 2 heteroatoms. The van der Waals surface area contributed by atoms with E-state index < -0.39 is 0 Å². The zero-order valence-corrected chi connectivity index (χ0v) is 10.3. The average molecular weight is 226 g/mol. The third kappa shape index (κ3) is 2.41. The van der Waals surface area contributed by atoms with Crippen LogP contribution in [-0.4, -0.2) is 0 Å². The van der Waals surface area contributed by atoms with Gasteiger partial charge in [0.1, 0.15) is 0 Å². The fourth-order valence-electron chi connectivity index (χ4n) is 2.08. The molecule has 17 heavy (non-hydrogen) atoms. The van der Waals surface area contributed by atoms with Gasteiger partial charge in [-0.05, 0) is 48.6 Å². The summed E-state index contributed by atoms with van der Waals surface area (Å²) in [4.78, 5) is 0. The molecule has 0 aliphatic rings. The monoisotopic (exact) mass is 226 g/mol. The van der Waals surface area contributed by atoms with E-state index in [2.05, 4.69) is 18.2 Å². The zero-order valence-electron chi connectivity index (χ0n) is 10.3. The molecule has 0 aliphatic heterocycles. The van der Waals surface area contributed by atoms with E-state index in [1.54, 1.807) is 0 Å². The Morgan fingerprint density at radius 3 is 2.12 bits per heavy atom. The van der Waals surface area contributed by atoms with Gasteiger partial charge in [0.05, 0.1) is 0 Å². The van der Waals surface area contributed by atoms with Crippen LogP contribution in [0.4, 0.5) is 11.4 Å². The van der Waals surface area contributed by atoms with Gasteiger partial charge in [0, 0.05) is 11.4 Å². The van der Waals surface area contributed by atoms with E-state index in [0.717, 1.165) is 34.5 Å². The van der Waals surface area contributed by atoms with Crippen LogP contribution in [0.3, 0.4) is 0 Å². The van der Waals surface area contributed by atoms with Gasteiger partial charge < -0.3 is 11.5 Å². The third-order valence-corrected chi connectivity index (χ3v) is 3.10. The second kappa shape index (κ2) is 4.50. The minimum Gasteiger partial charge on any atom is -0.398 e. The molecule has 4 N–H and O–H groups in total. The molecule has 2 rings (SSSR count). The van der Waals surface area contributed by atoms with Gasteiger partial charge in [-0.25, -0.2) is 0 Å². The van der Waals surface area contributed by atoms with Crippen molar-refractivity contribution in [3.05, 3.63) is 58.7 Å². The number of benzene rings is 2. The molecule has 0 atom stereocenters. The average Bonchev–Trinajstić information content (AvgIpc) is 2.29. The summed E-state index contributed by atoms with van der Waals surface area (Å²) >= 11 is 0. The maximum absolute atomic E-state index is 5.95. The Morgan fingerprint density at radius 1 is 0.941 bits per heavy atom. The van der Waals surface area contributed by atoms with Crippen molar-refractivity contribution < 1.29 is 0 Å². The predicted molar refractivity (Wildman–Crippen MR) is 74.0 cm³/mol. The van der Waals surface area contributed by atoms with Crippen molar-refractivity contribution in [1.29, 1.82) is 0 Å². The lowest BCUT2D eigenvalue weighted by Crippen LogP contribution is -1.99. The second-order valence-electron chi connectivity index (χ2n) is 4.52. The molecule has 0 saturated carbocycles. The van der Waals surface area contributed by atoms with E-state index >= 15 is 0 Å². The summed E-state index contributed by atoms with van der Waals surface area (Å²) in [5.41, 5.74) is 18.3. The quantitative estimate of drug-likeness (QED) is 0.773. The molecule has 2 nitrogen and oxygen atoms in total. The predicted octanol–water partition coefficient (Wildman–Crippen LogP) is 3.06. The number of para-hydroxylation sites is 1. The standard InChI is InChI=1S/C15H18N2/c1-10-7-12(8-11(2)15(10)17)9-13-5-3-4-6-14(13)16/h3-8H,9,16-17H2,1-2H3. The Balaban J connectivity index is 2.34. The smallest absolute Gasteiger partial charge is 0.0373 e. The molecule has 0 spiro atoms. The Hall–Kier alpha value is -1.96. The van der Waals surface area contributed by atoms with Gasteiger partial charge in [0.15, 0.2) is 0 Å². The molecule has 0 amide bonds. The lowest BCUT2D eigenvalue weighted by molar-refractivity contribution is 1.17. The number of aryl methyl sites for hydroxylation is 2. The highest BCUT2D eigenvalue weighted by Gasteiger charge is 2.04. The number of nitrogen functional groups attached to an aromatic ring is 2. The van der Waals surface area contributed by atoms with E-state index in [-0.39, 0.29) is 0 Å². The lowest BCUT2D eigenvalue weighted by atomic mass is 9.98. The van der Waals surface area contributed by atoms with Crippen molar-refractivity contribution in [3.8, 4) is 0 Å². The highest BCUT2D eigenvalue weighted by atomic mass is 14.6. The van der Waals surface area contributed by atoms with E-state index in [0.29, 0.717) is 0 Å². The topological polar surface area (TPSA) is 52.0 Å². The van der Waals surface area contributed by atoms with Gasteiger partial charge >= 0.3 is 0 Å². The van der Waals surface area contributed by atoms with Crippen molar-refractivity contribution in [2.24, 2.45) is 0 Å². The zero-order chi connectivity index (χ0) is 12.4. The van der Waals surface area contributed by atoms with Crippen LogP contribution in [0.1, 0.15) is 22.3 Å². The van der Waals surface area contributed by atoms with Gasteiger partial charge in [0.25, 0.3) is 0 Å². The van der Waals surface area contributed by atoms with Crippen LogP contribution in [-0.2, 0) is 6.42 Å². The SMILES string of the molecule is Cc1cc(Cc2ccccc2N)cc(C)c1N. The van der Waals surface area contributed by atoms with Crippen LogP contribution < -0.4 is 11.5 Å². The van der Waals surface area contributed by atoms with Crippen LogP contribution >= 0.6 is 0 Å². The highest BCUT2D eigenvalue weighted by molar-refractivity contribution is 5.56. The summed E-state index contributed by atoms with van der Waals surface area (Å²) in [5.74, 6) is 0. The molecular formula is C15H18N2. The fraction of sp³-hybridized carbons (Fsp3) is 0.200. The maximum Gasteiger partial charge on any atom is 0.0373 e. The lowest BCUT2D eigenvalue weighted by Gasteiger charge is -2.10. The molecule has 2 aromatic rings. The van der Waals surface area contributed by atoms with Gasteiger partial charge in [-0.1, -0.05) is 30.3 Å². The van der Waals surface area contributed by atoms with Crippen molar-refractivity contribution in [2.75, 3.05) is 11.5 Å². The minimum atomic E-state index is 0.847. The van der Waals surface area contributed by atoms with Gasteiger partial charge in [0.2, 0.25) is 0 Å². The summed E-state index contributed by atoms with van der Waals surface area (Å²) in [6.45, 7) is 4.08. The van der Waals surface area contributed by atoms with Crippen molar-refractivity contribution >= 4 is 11.4 Å². The fourth-order valence-corrected chi connectivity index (χ4v) is 2.08. The molecule has 0 aliphatic carbocycles. The molecule has 0 bridgehead atoms. The van der Waals surface area contributed by atoms with E-state index in [9.17, 15) is 0 Å². The maximum atomic E-state index is 5.95. The first-order valence-electron chi connectivity index (χ1n) is 5.77. The number of anilines is 2. The van der Waals surface area contributed by atoms with Crippen LogP contribution in [0, 0.1) is 13.8 Å². The molecule has 0 saturated heterocycles. The first-order valence-corrected chi connectivity index (χ1v) is 5.77. The van der Waals surface area contributed by atoms with E-state index in [1.165, 1.54) is 5.56 Å². The van der Waals surface area contributed by atoms with Crippen LogP contribution in [0.15, 0.2) is 36.4 Å². The van der Waals surface area contributed by atoms with Crippen molar-refractivity contribution in [3.63, 3.8) is 0 Å². The molecular weight excluding hydrogens is 208 g/mol. The number of hydrogen-bond donors (Lipinski definition) is 2. The summed E-state index contributed by atoms with van der Waals surface area (Å²) in [5, 5.41) is 0. The number of nitrogens with two attached hydrogens (primary N) is 2. The largest absolute Gasteiger partial charge is 0.398 e. The first kappa shape index (κ1) is 11.5. The highest BCUT2D eigenvalue weighted by Crippen LogP contribution is 2.22. The third-order valence-electron chi connectivity index (χ3n) is 3.10. The van der Waals surface area contributed by atoms with Gasteiger partial charge in [-0.15, -0.1) is 0 Å². The van der Waals surface area contributed by atoms with Gasteiger partial charge in [-0.2, -0.15) is 0 Å². The second-order valence-corrected chi connectivity index (χ2v) is 4.52. The molecule has 0 unspecified atom stereocenters. The summed E-state index contributed by atoms with van der Waals surface area (Å²) < 4.78 is 0. The first-order chi connectivity index (χ1) is 8.08. The molecule has 0 radical (unpaired) electrons. The van der Waals surface area contributed by atoms with E-state index in [1.807, 2.05) is 32.0 Å². The van der Waals surface area contributed by atoms with Crippen LogP contribution in [0.2, 0.25) is 0 Å². The summed E-state index contributed by atoms with van der Waals surface area (Å²) in [7, 11) is 0. The normalized spacial score (nSPS) is 10.5. The molecule has 88 valence electrons. The summed E-state index contributed by atoms with van der Waals surface area (Å²) in [6, 6.07) is 12.2. The molecule has 2 aromatic carbocycles. The Labute approximate surface area is 102 Å². The Kier molecular flexibility index (Phi) is 3.05. The number of rotatable bonds is 2. The Morgan fingerprint density at radius 2 is 1.53 bits per heavy atom. The molecule has 0 heterocycles. The van der Waals surface area contributed by atoms with Crippen molar-refractivity contribution in [2.45, 2.75) is 20.3 Å².